The number of sulfonamides is 2. The maximum atomic E-state index is 12.3. The predicted octanol–water partition coefficient (Wildman–Crippen LogP) is 3.37. The Morgan fingerprint density at radius 2 is 1.00 bits per heavy atom. The maximum Gasteiger partial charge on any atom is 0.328 e. The molecule has 0 fully saturated rings. The number of urea groups is 2. The van der Waals surface area contributed by atoms with E-state index in [0.29, 0.717) is 11.1 Å². The Morgan fingerprint density at radius 1 is 0.611 bits per heavy atom. The molecule has 0 aliphatic carbocycles. The van der Waals surface area contributed by atoms with Crippen LogP contribution in [-0.2, 0) is 33.1 Å². The number of benzene rings is 3. The van der Waals surface area contributed by atoms with Gasteiger partial charge < -0.3 is 10.6 Å². The highest BCUT2D eigenvalue weighted by Gasteiger charge is 2.19. The predicted molar refractivity (Wildman–Crippen MR) is 134 cm³/mol. The van der Waals surface area contributed by atoms with Crippen molar-refractivity contribution >= 4 is 55.3 Å². The molecule has 0 bridgehead atoms. The minimum Gasteiger partial charge on any atom is -0.333 e. The number of amides is 4. The summed E-state index contributed by atoms with van der Waals surface area (Å²) in [6, 6.07) is 15.7. The summed E-state index contributed by atoms with van der Waals surface area (Å²) < 4.78 is 53.0. The van der Waals surface area contributed by atoms with Gasteiger partial charge in [0, 0.05) is 23.1 Å². The fourth-order valence-corrected chi connectivity index (χ4v) is 5.37. The summed E-state index contributed by atoms with van der Waals surface area (Å²) in [4.78, 5) is 23.9. The molecular formula is C22H20Cl2N4O6S2. The molecule has 0 unspecified atom stereocenters. The van der Waals surface area contributed by atoms with Crippen molar-refractivity contribution in [2.24, 2.45) is 0 Å². The van der Waals surface area contributed by atoms with Crippen molar-refractivity contribution in [2.75, 3.05) is 0 Å². The molecule has 4 amide bonds. The first kappa shape index (κ1) is 27.3. The third-order valence-electron chi connectivity index (χ3n) is 4.56. The summed E-state index contributed by atoms with van der Waals surface area (Å²) >= 11 is 11.6. The molecule has 0 aliphatic heterocycles. The Balaban J connectivity index is 1.52. The molecule has 0 saturated heterocycles. The molecule has 14 heteroatoms. The molecule has 0 atom stereocenters. The zero-order valence-electron chi connectivity index (χ0n) is 18.4. The standard InChI is InChI=1S/C22H20Cl2N4O6S2/c23-17-6-2-8-19(11-17)35(31,32)27-21(29)25-13-15-4-1-5-16(10-15)14-26-22(30)28-36(33,34)20-9-3-7-18(24)12-20/h1-12H,13-14H2,(H2,25,27,29)(H2,26,28,30). The van der Waals surface area contributed by atoms with Crippen molar-refractivity contribution in [3.63, 3.8) is 0 Å². The van der Waals surface area contributed by atoms with Crippen LogP contribution in [0.15, 0.2) is 82.6 Å². The van der Waals surface area contributed by atoms with Crippen LogP contribution >= 0.6 is 23.2 Å². The lowest BCUT2D eigenvalue weighted by Gasteiger charge is -2.11. The third kappa shape index (κ3) is 7.85. The lowest BCUT2D eigenvalue weighted by Crippen LogP contribution is -2.39. The van der Waals surface area contributed by atoms with Crippen molar-refractivity contribution in [3.8, 4) is 0 Å². The van der Waals surface area contributed by atoms with E-state index in [1.54, 1.807) is 24.3 Å². The lowest BCUT2D eigenvalue weighted by molar-refractivity contribution is 0.244. The van der Waals surface area contributed by atoms with E-state index in [-0.39, 0.29) is 32.9 Å². The maximum absolute atomic E-state index is 12.3. The SMILES string of the molecule is O=C(NCc1cccc(CNC(=O)NS(=O)(=O)c2cccc(Cl)c2)c1)NS(=O)(=O)c1cccc(Cl)c1. The van der Waals surface area contributed by atoms with Crippen molar-refractivity contribution in [3.05, 3.63) is 94.0 Å². The fraction of sp³-hybridized carbons (Fsp3) is 0.0909. The van der Waals surface area contributed by atoms with Gasteiger partial charge in [-0.1, -0.05) is 59.6 Å². The Bertz CT molecular complexity index is 1390. The van der Waals surface area contributed by atoms with Crippen LogP contribution in [0.1, 0.15) is 11.1 Å². The van der Waals surface area contributed by atoms with Crippen molar-refractivity contribution in [1.29, 1.82) is 0 Å². The van der Waals surface area contributed by atoms with Crippen LogP contribution in [0, 0.1) is 0 Å². The highest BCUT2D eigenvalue weighted by Crippen LogP contribution is 2.16. The number of hydrogen-bond acceptors (Lipinski definition) is 6. The van der Waals surface area contributed by atoms with Crippen LogP contribution in [0.25, 0.3) is 0 Å². The van der Waals surface area contributed by atoms with E-state index >= 15 is 0 Å². The smallest absolute Gasteiger partial charge is 0.328 e. The van der Waals surface area contributed by atoms with Crippen LogP contribution in [0.3, 0.4) is 0 Å². The van der Waals surface area contributed by atoms with Crippen molar-refractivity contribution < 1.29 is 26.4 Å². The van der Waals surface area contributed by atoms with E-state index < -0.39 is 32.1 Å². The average Bonchev–Trinajstić information content (AvgIpc) is 2.81. The number of halogens is 2. The van der Waals surface area contributed by atoms with Gasteiger partial charge in [0.25, 0.3) is 20.0 Å². The first-order chi connectivity index (χ1) is 16.9. The summed E-state index contributed by atoms with van der Waals surface area (Å²) in [5.41, 5.74) is 1.22. The molecule has 3 rings (SSSR count). The zero-order valence-corrected chi connectivity index (χ0v) is 21.5. The fourth-order valence-electron chi connectivity index (χ4n) is 2.92. The van der Waals surface area contributed by atoms with E-state index in [1.807, 2.05) is 9.44 Å². The van der Waals surface area contributed by atoms with Crippen LogP contribution in [0.4, 0.5) is 9.59 Å². The molecule has 0 spiro atoms. The molecule has 4 N–H and O–H groups in total. The van der Waals surface area contributed by atoms with Gasteiger partial charge in [0.05, 0.1) is 9.79 Å². The van der Waals surface area contributed by atoms with Gasteiger partial charge in [0.15, 0.2) is 0 Å². The summed E-state index contributed by atoms with van der Waals surface area (Å²) in [7, 11) is -8.22. The highest BCUT2D eigenvalue weighted by atomic mass is 35.5. The molecule has 36 heavy (non-hydrogen) atoms. The molecule has 3 aromatic rings. The van der Waals surface area contributed by atoms with Gasteiger partial charge >= 0.3 is 12.1 Å². The number of rotatable bonds is 8. The highest BCUT2D eigenvalue weighted by molar-refractivity contribution is 7.90. The van der Waals surface area contributed by atoms with Gasteiger partial charge in [-0.15, -0.1) is 0 Å². The average molecular weight is 571 g/mol. The van der Waals surface area contributed by atoms with Crippen LogP contribution in [-0.4, -0.2) is 28.9 Å². The second-order valence-corrected chi connectivity index (χ2v) is 11.5. The summed E-state index contributed by atoms with van der Waals surface area (Å²) in [6.07, 6.45) is 0. The van der Waals surface area contributed by atoms with E-state index in [2.05, 4.69) is 10.6 Å². The minimum atomic E-state index is -4.11. The van der Waals surface area contributed by atoms with E-state index in [4.69, 9.17) is 23.2 Å². The van der Waals surface area contributed by atoms with Crippen LogP contribution in [0.2, 0.25) is 10.0 Å². The number of carbonyl (C=O) groups excluding carboxylic acids is 2. The first-order valence-corrected chi connectivity index (χ1v) is 13.9. The Hall–Kier alpha value is -3.32. The molecule has 10 nitrogen and oxygen atoms in total. The number of hydrogen-bond donors (Lipinski definition) is 4. The van der Waals surface area contributed by atoms with Gasteiger partial charge in [-0.05, 0) is 47.5 Å². The van der Waals surface area contributed by atoms with Crippen LogP contribution < -0.4 is 20.1 Å². The van der Waals surface area contributed by atoms with E-state index in [9.17, 15) is 26.4 Å². The summed E-state index contributed by atoms with van der Waals surface area (Å²) in [5, 5.41) is 5.28. The van der Waals surface area contributed by atoms with Gasteiger partial charge in [0.2, 0.25) is 0 Å². The zero-order chi connectivity index (χ0) is 26.3. The monoisotopic (exact) mass is 570 g/mol. The molecular weight excluding hydrogens is 551 g/mol. The van der Waals surface area contributed by atoms with Gasteiger partial charge in [0.1, 0.15) is 0 Å². The molecule has 0 radical (unpaired) electrons. The number of carbonyl (C=O) groups is 2. The lowest BCUT2D eigenvalue weighted by atomic mass is 10.1. The summed E-state index contributed by atoms with van der Waals surface area (Å²) in [6.45, 7) is -0.0276. The van der Waals surface area contributed by atoms with E-state index in [1.165, 1.54) is 48.5 Å². The quantitative estimate of drug-likeness (QED) is 0.326. The largest absolute Gasteiger partial charge is 0.333 e. The van der Waals surface area contributed by atoms with Gasteiger partial charge in [-0.3, -0.25) is 0 Å². The van der Waals surface area contributed by atoms with E-state index in [0.717, 1.165) is 0 Å². The van der Waals surface area contributed by atoms with Gasteiger partial charge in [-0.25, -0.2) is 35.9 Å². The second-order valence-electron chi connectivity index (χ2n) is 7.31. The van der Waals surface area contributed by atoms with Crippen LogP contribution in [0.5, 0.6) is 0 Å². The molecule has 0 heterocycles. The summed E-state index contributed by atoms with van der Waals surface area (Å²) in [5.74, 6) is 0. The topological polar surface area (TPSA) is 151 Å². The molecule has 190 valence electrons. The minimum absolute atomic E-state index is 0.0138. The van der Waals surface area contributed by atoms with Gasteiger partial charge in [-0.2, -0.15) is 0 Å². The van der Waals surface area contributed by atoms with Crippen molar-refractivity contribution in [1.82, 2.24) is 20.1 Å². The first-order valence-electron chi connectivity index (χ1n) is 10.1. The Labute approximate surface area is 218 Å². The third-order valence-corrected chi connectivity index (χ3v) is 7.69. The Kier molecular flexibility index (Phi) is 8.79. The molecule has 0 saturated carbocycles. The molecule has 3 aromatic carbocycles. The number of nitrogens with one attached hydrogen (secondary N) is 4. The normalized spacial score (nSPS) is 11.4. The Morgan fingerprint density at radius 3 is 1.39 bits per heavy atom. The second kappa shape index (κ2) is 11.6. The molecule has 0 aliphatic rings. The molecule has 0 aromatic heterocycles. The van der Waals surface area contributed by atoms with Crippen molar-refractivity contribution in [2.45, 2.75) is 22.9 Å².